The van der Waals surface area contributed by atoms with Gasteiger partial charge >= 0.3 is 0 Å². The first kappa shape index (κ1) is 12.1. The second kappa shape index (κ2) is 5.30. The number of nitrogens with two attached hydrogens (primary N) is 1. The fraction of sp³-hybridized carbons (Fsp3) is 0.214. The van der Waals surface area contributed by atoms with Crippen LogP contribution in [0.15, 0.2) is 42.5 Å². The quantitative estimate of drug-likeness (QED) is 0.903. The van der Waals surface area contributed by atoms with E-state index in [1.807, 2.05) is 49.4 Å². The molecule has 1 unspecified atom stereocenters. The van der Waals surface area contributed by atoms with Crippen molar-refractivity contribution < 1.29 is 0 Å². The lowest BCUT2D eigenvalue weighted by molar-refractivity contribution is 0.723. The van der Waals surface area contributed by atoms with Crippen LogP contribution in [0.3, 0.4) is 0 Å². The molecule has 0 aliphatic carbocycles. The standard InChI is InChI=1S/C14H15ClN2/c1-10(16)9-13-3-2-4-14(17-13)11-5-7-12(15)8-6-11/h2-8,10H,9,16H2,1H3. The van der Waals surface area contributed by atoms with Crippen molar-refractivity contribution in [1.82, 2.24) is 4.98 Å². The van der Waals surface area contributed by atoms with Gasteiger partial charge in [-0.2, -0.15) is 0 Å². The molecule has 0 aliphatic rings. The van der Waals surface area contributed by atoms with Crippen LogP contribution >= 0.6 is 11.6 Å². The first-order valence-corrected chi connectivity index (χ1v) is 6.00. The Kier molecular flexibility index (Phi) is 3.77. The molecule has 0 aliphatic heterocycles. The first-order chi connectivity index (χ1) is 8.15. The van der Waals surface area contributed by atoms with Gasteiger partial charge in [0, 0.05) is 28.7 Å². The fourth-order valence-electron chi connectivity index (χ4n) is 1.70. The van der Waals surface area contributed by atoms with Crippen molar-refractivity contribution in [1.29, 1.82) is 0 Å². The molecule has 0 bridgehead atoms. The third-order valence-electron chi connectivity index (χ3n) is 2.48. The number of benzene rings is 1. The van der Waals surface area contributed by atoms with E-state index in [0.29, 0.717) is 0 Å². The molecule has 0 spiro atoms. The van der Waals surface area contributed by atoms with Crippen molar-refractivity contribution in [3.8, 4) is 11.3 Å². The van der Waals surface area contributed by atoms with E-state index in [0.717, 1.165) is 28.4 Å². The Balaban J connectivity index is 2.29. The second-order valence-corrected chi connectivity index (χ2v) is 4.64. The predicted octanol–water partition coefficient (Wildman–Crippen LogP) is 3.29. The minimum atomic E-state index is 0.128. The van der Waals surface area contributed by atoms with Crippen LogP contribution in [0, 0.1) is 0 Å². The van der Waals surface area contributed by atoms with E-state index in [1.54, 1.807) is 0 Å². The van der Waals surface area contributed by atoms with E-state index in [1.165, 1.54) is 0 Å². The molecule has 2 rings (SSSR count). The van der Waals surface area contributed by atoms with Crippen molar-refractivity contribution in [3.05, 3.63) is 53.2 Å². The topological polar surface area (TPSA) is 38.9 Å². The molecule has 0 fully saturated rings. The van der Waals surface area contributed by atoms with Crippen LogP contribution in [0.4, 0.5) is 0 Å². The molecule has 1 atom stereocenters. The number of rotatable bonds is 3. The van der Waals surface area contributed by atoms with E-state index in [4.69, 9.17) is 17.3 Å². The lowest BCUT2D eigenvalue weighted by Crippen LogP contribution is -2.18. The Morgan fingerprint density at radius 3 is 2.53 bits per heavy atom. The lowest BCUT2D eigenvalue weighted by atomic mass is 10.1. The summed E-state index contributed by atoms with van der Waals surface area (Å²) in [6.07, 6.45) is 0.793. The number of aromatic nitrogens is 1. The summed E-state index contributed by atoms with van der Waals surface area (Å²) in [7, 11) is 0. The number of halogens is 1. The van der Waals surface area contributed by atoms with E-state index < -0.39 is 0 Å². The summed E-state index contributed by atoms with van der Waals surface area (Å²) in [5, 5.41) is 0.737. The Labute approximate surface area is 106 Å². The van der Waals surface area contributed by atoms with E-state index in [9.17, 15) is 0 Å². The summed E-state index contributed by atoms with van der Waals surface area (Å²) >= 11 is 5.86. The number of pyridine rings is 1. The smallest absolute Gasteiger partial charge is 0.0705 e. The highest BCUT2D eigenvalue weighted by Crippen LogP contribution is 2.20. The summed E-state index contributed by atoms with van der Waals surface area (Å²) in [6, 6.07) is 13.8. The van der Waals surface area contributed by atoms with Crippen LogP contribution in [0.5, 0.6) is 0 Å². The van der Waals surface area contributed by atoms with Gasteiger partial charge in [-0.1, -0.05) is 29.8 Å². The molecule has 2 nitrogen and oxygen atoms in total. The molecule has 0 amide bonds. The third kappa shape index (κ3) is 3.29. The SMILES string of the molecule is CC(N)Cc1cccc(-c2ccc(Cl)cc2)n1. The Morgan fingerprint density at radius 2 is 1.88 bits per heavy atom. The molecule has 1 aromatic heterocycles. The number of hydrogen-bond acceptors (Lipinski definition) is 2. The maximum absolute atomic E-state index is 5.86. The summed E-state index contributed by atoms with van der Waals surface area (Å²) < 4.78 is 0. The van der Waals surface area contributed by atoms with Crippen LogP contribution in [0.25, 0.3) is 11.3 Å². The van der Waals surface area contributed by atoms with Gasteiger partial charge in [0.25, 0.3) is 0 Å². The summed E-state index contributed by atoms with van der Waals surface area (Å²) in [6.45, 7) is 1.98. The van der Waals surface area contributed by atoms with Gasteiger partial charge in [0.05, 0.1) is 5.69 Å². The zero-order chi connectivity index (χ0) is 12.3. The molecule has 3 heteroatoms. The van der Waals surface area contributed by atoms with Gasteiger partial charge in [0.15, 0.2) is 0 Å². The molecule has 2 aromatic rings. The van der Waals surface area contributed by atoms with Crippen LogP contribution in [0.1, 0.15) is 12.6 Å². The van der Waals surface area contributed by atoms with E-state index in [2.05, 4.69) is 4.98 Å². The van der Waals surface area contributed by atoms with E-state index in [-0.39, 0.29) is 6.04 Å². The number of nitrogens with zero attached hydrogens (tertiary/aromatic N) is 1. The summed E-state index contributed by atoms with van der Waals surface area (Å²) in [4.78, 5) is 4.59. The van der Waals surface area contributed by atoms with Gasteiger partial charge in [-0.3, -0.25) is 4.98 Å². The normalized spacial score (nSPS) is 12.4. The maximum atomic E-state index is 5.86. The van der Waals surface area contributed by atoms with Gasteiger partial charge in [-0.15, -0.1) is 0 Å². The monoisotopic (exact) mass is 246 g/mol. The molecule has 88 valence electrons. The molecule has 0 radical (unpaired) electrons. The lowest BCUT2D eigenvalue weighted by Gasteiger charge is -2.07. The van der Waals surface area contributed by atoms with Crippen LogP contribution in [-0.2, 0) is 6.42 Å². The fourth-order valence-corrected chi connectivity index (χ4v) is 1.83. The van der Waals surface area contributed by atoms with Crippen molar-refractivity contribution >= 4 is 11.6 Å². The Morgan fingerprint density at radius 1 is 1.18 bits per heavy atom. The molecular formula is C14H15ClN2. The zero-order valence-corrected chi connectivity index (χ0v) is 10.5. The molecule has 17 heavy (non-hydrogen) atoms. The largest absolute Gasteiger partial charge is 0.328 e. The average Bonchev–Trinajstić information content (AvgIpc) is 2.29. The maximum Gasteiger partial charge on any atom is 0.0705 e. The molecule has 0 saturated carbocycles. The van der Waals surface area contributed by atoms with Crippen LogP contribution in [0.2, 0.25) is 5.02 Å². The van der Waals surface area contributed by atoms with Gasteiger partial charge in [-0.05, 0) is 31.2 Å². The van der Waals surface area contributed by atoms with Crippen molar-refractivity contribution in [2.45, 2.75) is 19.4 Å². The molecular weight excluding hydrogens is 232 g/mol. The van der Waals surface area contributed by atoms with Gasteiger partial charge < -0.3 is 5.73 Å². The van der Waals surface area contributed by atoms with Crippen LogP contribution < -0.4 is 5.73 Å². The summed E-state index contributed by atoms with van der Waals surface area (Å²) in [5.74, 6) is 0. The van der Waals surface area contributed by atoms with Gasteiger partial charge in [-0.25, -0.2) is 0 Å². The highest BCUT2D eigenvalue weighted by molar-refractivity contribution is 6.30. The minimum Gasteiger partial charge on any atom is -0.328 e. The Hall–Kier alpha value is -1.38. The minimum absolute atomic E-state index is 0.128. The van der Waals surface area contributed by atoms with Gasteiger partial charge in [0.2, 0.25) is 0 Å². The van der Waals surface area contributed by atoms with Crippen LogP contribution in [-0.4, -0.2) is 11.0 Å². The number of hydrogen-bond donors (Lipinski definition) is 1. The average molecular weight is 247 g/mol. The van der Waals surface area contributed by atoms with Gasteiger partial charge in [0.1, 0.15) is 0 Å². The van der Waals surface area contributed by atoms with E-state index >= 15 is 0 Å². The highest BCUT2D eigenvalue weighted by Gasteiger charge is 2.03. The van der Waals surface area contributed by atoms with Crippen molar-refractivity contribution in [2.24, 2.45) is 5.73 Å². The second-order valence-electron chi connectivity index (χ2n) is 4.20. The zero-order valence-electron chi connectivity index (χ0n) is 9.73. The highest BCUT2D eigenvalue weighted by atomic mass is 35.5. The molecule has 1 aromatic carbocycles. The first-order valence-electron chi connectivity index (χ1n) is 5.62. The predicted molar refractivity (Wildman–Crippen MR) is 72.0 cm³/mol. The third-order valence-corrected chi connectivity index (χ3v) is 2.73. The Bertz CT molecular complexity index is 492. The summed E-state index contributed by atoms with van der Waals surface area (Å²) in [5.41, 5.74) is 8.82. The molecule has 0 saturated heterocycles. The molecule has 2 N–H and O–H groups in total. The molecule has 1 heterocycles. The van der Waals surface area contributed by atoms with Crippen molar-refractivity contribution in [3.63, 3.8) is 0 Å². The van der Waals surface area contributed by atoms with Crippen molar-refractivity contribution in [2.75, 3.05) is 0 Å².